The molecular weight excluding hydrogens is 236 g/mol. The number of hydrogen-bond donors (Lipinski definition) is 1. The van der Waals surface area contributed by atoms with Gasteiger partial charge in [0.2, 0.25) is 5.91 Å². The van der Waals surface area contributed by atoms with E-state index in [-0.39, 0.29) is 11.9 Å². The predicted molar refractivity (Wildman–Crippen MR) is 76.6 cm³/mol. The van der Waals surface area contributed by atoms with E-state index < -0.39 is 0 Å². The van der Waals surface area contributed by atoms with Crippen molar-refractivity contribution < 1.29 is 4.79 Å². The summed E-state index contributed by atoms with van der Waals surface area (Å²) in [5, 5.41) is 3.13. The Morgan fingerprint density at radius 2 is 2.00 bits per heavy atom. The minimum atomic E-state index is 0.0410. The van der Waals surface area contributed by atoms with Crippen LogP contribution in [0.15, 0.2) is 30.3 Å². The first-order valence-corrected chi connectivity index (χ1v) is 7.04. The van der Waals surface area contributed by atoms with Crippen molar-refractivity contribution >= 4 is 12.0 Å². The van der Waals surface area contributed by atoms with Crippen LogP contribution in [0, 0.1) is 0 Å². The molecule has 0 radical (unpaired) electrons. The van der Waals surface area contributed by atoms with Gasteiger partial charge in [0.15, 0.2) is 0 Å². The number of fused-ring (bicyclic) bond motifs is 1. The highest BCUT2D eigenvalue weighted by Gasteiger charge is 2.32. The van der Waals surface area contributed by atoms with E-state index in [1.807, 2.05) is 12.1 Å². The number of carbonyl (C=O) groups is 1. The van der Waals surface area contributed by atoms with Crippen LogP contribution in [0.25, 0.3) is 6.08 Å². The van der Waals surface area contributed by atoms with E-state index in [1.54, 1.807) is 6.92 Å². The number of nitrogens with one attached hydrogen (secondary N) is 1. The van der Waals surface area contributed by atoms with Crippen molar-refractivity contribution in [3.63, 3.8) is 0 Å². The molecule has 0 bridgehead atoms. The van der Waals surface area contributed by atoms with E-state index >= 15 is 0 Å². The van der Waals surface area contributed by atoms with E-state index in [2.05, 4.69) is 34.5 Å². The lowest BCUT2D eigenvalue weighted by atomic mass is 9.88. The highest BCUT2D eigenvalue weighted by atomic mass is 16.1. The predicted octanol–water partition coefficient (Wildman–Crippen LogP) is 2.36. The Bertz CT molecular complexity index is 503. The summed E-state index contributed by atoms with van der Waals surface area (Å²) in [5.74, 6) is 0.0410. The molecule has 19 heavy (non-hydrogen) atoms. The first-order chi connectivity index (χ1) is 9.25. The Balaban J connectivity index is 1.94. The lowest BCUT2D eigenvalue weighted by Crippen LogP contribution is -2.45. The summed E-state index contributed by atoms with van der Waals surface area (Å²) in [4.78, 5) is 14.0. The zero-order chi connectivity index (χ0) is 13.2. The summed E-state index contributed by atoms with van der Waals surface area (Å²) < 4.78 is 0. The summed E-state index contributed by atoms with van der Waals surface area (Å²) in [6.45, 7) is 3.86. The average Bonchev–Trinajstić information content (AvgIpc) is 2.92. The third-order valence-corrected chi connectivity index (χ3v) is 4.07. The van der Waals surface area contributed by atoms with Crippen LogP contribution >= 0.6 is 0 Å². The van der Waals surface area contributed by atoms with E-state index in [1.165, 1.54) is 24.0 Å². The molecule has 0 unspecified atom stereocenters. The van der Waals surface area contributed by atoms with E-state index in [9.17, 15) is 4.79 Å². The Morgan fingerprint density at radius 3 is 2.74 bits per heavy atom. The van der Waals surface area contributed by atoms with Crippen LogP contribution in [-0.2, 0) is 4.79 Å². The zero-order valence-corrected chi connectivity index (χ0v) is 11.3. The van der Waals surface area contributed by atoms with Crippen LogP contribution in [0.2, 0.25) is 0 Å². The Hall–Kier alpha value is -1.61. The second-order valence-corrected chi connectivity index (χ2v) is 5.40. The van der Waals surface area contributed by atoms with Gasteiger partial charge in [-0.15, -0.1) is 0 Å². The average molecular weight is 256 g/mol. The molecule has 0 saturated carbocycles. The van der Waals surface area contributed by atoms with Gasteiger partial charge in [-0.3, -0.25) is 9.69 Å². The Labute approximate surface area is 114 Å². The maximum absolute atomic E-state index is 11.5. The number of rotatable bonds is 2. The van der Waals surface area contributed by atoms with Crippen LogP contribution in [0.4, 0.5) is 0 Å². The van der Waals surface area contributed by atoms with Gasteiger partial charge in [0.1, 0.15) is 0 Å². The molecule has 1 heterocycles. The van der Waals surface area contributed by atoms with Crippen LogP contribution in [-0.4, -0.2) is 29.9 Å². The summed E-state index contributed by atoms with van der Waals surface area (Å²) in [6, 6.07) is 8.71. The normalized spacial score (nSPS) is 26.2. The molecule has 1 aromatic rings. The minimum absolute atomic E-state index is 0.0410. The van der Waals surface area contributed by atoms with Gasteiger partial charge >= 0.3 is 0 Å². The fraction of sp³-hybridized carbons (Fsp3) is 0.438. The molecule has 3 rings (SSSR count). The van der Waals surface area contributed by atoms with E-state index in [0.717, 1.165) is 13.1 Å². The van der Waals surface area contributed by atoms with Gasteiger partial charge in [0.25, 0.3) is 0 Å². The molecule has 2 atom stereocenters. The van der Waals surface area contributed by atoms with Crippen LogP contribution < -0.4 is 5.32 Å². The fourth-order valence-corrected chi connectivity index (χ4v) is 3.20. The van der Waals surface area contributed by atoms with Crippen molar-refractivity contribution in [3.8, 4) is 0 Å². The van der Waals surface area contributed by atoms with Crippen LogP contribution in [0.1, 0.15) is 36.9 Å². The second kappa shape index (κ2) is 5.17. The molecule has 1 fully saturated rings. The van der Waals surface area contributed by atoms with Gasteiger partial charge in [0, 0.05) is 6.92 Å². The Kier molecular flexibility index (Phi) is 3.38. The topological polar surface area (TPSA) is 32.3 Å². The summed E-state index contributed by atoms with van der Waals surface area (Å²) in [5.41, 5.74) is 2.45. The van der Waals surface area contributed by atoms with Gasteiger partial charge in [-0.05, 0) is 37.1 Å². The molecule has 3 heteroatoms. The maximum atomic E-state index is 11.5. The molecule has 2 aliphatic rings. The number of hydrogen-bond acceptors (Lipinski definition) is 2. The standard InChI is InChI=1S/C16H20N2O/c1-12(19)17-16-14-7-3-2-6-13(14)8-9-15(16)18-10-4-5-11-18/h2-3,6-9,15-16H,4-5,10-11H2,1H3,(H,17,19)/t15-,16-/m0/s1. The quantitative estimate of drug-likeness (QED) is 0.881. The smallest absolute Gasteiger partial charge is 0.217 e. The molecule has 1 aliphatic carbocycles. The zero-order valence-electron chi connectivity index (χ0n) is 11.3. The van der Waals surface area contributed by atoms with Crippen molar-refractivity contribution in [1.82, 2.24) is 10.2 Å². The number of carbonyl (C=O) groups excluding carboxylic acids is 1. The molecule has 0 aromatic heterocycles. The van der Waals surface area contributed by atoms with Crippen LogP contribution in [0.5, 0.6) is 0 Å². The second-order valence-electron chi connectivity index (χ2n) is 5.40. The van der Waals surface area contributed by atoms with Crippen molar-refractivity contribution in [1.29, 1.82) is 0 Å². The van der Waals surface area contributed by atoms with Crippen molar-refractivity contribution in [2.24, 2.45) is 0 Å². The minimum Gasteiger partial charge on any atom is -0.348 e. The third kappa shape index (κ3) is 2.43. The number of likely N-dealkylation sites (tertiary alicyclic amines) is 1. The number of nitrogens with zero attached hydrogens (tertiary/aromatic N) is 1. The summed E-state index contributed by atoms with van der Waals surface area (Å²) in [7, 11) is 0. The van der Waals surface area contributed by atoms with Crippen LogP contribution in [0.3, 0.4) is 0 Å². The molecule has 1 aliphatic heterocycles. The summed E-state index contributed by atoms with van der Waals surface area (Å²) in [6.07, 6.45) is 6.96. The van der Waals surface area contributed by atoms with Gasteiger partial charge in [-0.2, -0.15) is 0 Å². The lowest BCUT2D eigenvalue weighted by molar-refractivity contribution is -0.120. The lowest BCUT2D eigenvalue weighted by Gasteiger charge is -2.36. The molecule has 1 N–H and O–H groups in total. The SMILES string of the molecule is CC(=O)N[C@H]1c2ccccc2C=C[C@@H]1N1CCCC1. The molecule has 100 valence electrons. The highest BCUT2D eigenvalue weighted by molar-refractivity contribution is 5.74. The number of benzene rings is 1. The van der Waals surface area contributed by atoms with Crippen molar-refractivity contribution in [3.05, 3.63) is 41.5 Å². The van der Waals surface area contributed by atoms with Gasteiger partial charge in [-0.1, -0.05) is 36.4 Å². The van der Waals surface area contributed by atoms with Crippen molar-refractivity contribution in [2.75, 3.05) is 13.1 Å². The van der Waals surface area contributed by atoms with E-state index in [4.69, 9.17) is 0 Å². The molecule has 1 saturated heterocycles. The number of amides is 1. The highest BCUT2D eigenvalue weighted by Crippen LogP contribution is 2.32. The van der Waals surface area contributed by atoms with Crippen molar-refractivity contribution in [2.45, 2.75) is 31.8 Å². The first kappa shape index (κ1) is 12.4. The molecule has 0 spiro atoms. The third-order valence-electron chi connectivity index (χ3n) is 4.07. The van der Waals surface area contributed by atoms with Gasteiger partial charge in [0.05, 0.1) is 12.1 Å². The van der Waals surface area contributed by atoms with Gasteiger partial charge in [-0.25, -0.2) is 0 Å². The van der Waals surface area contributed by atoms with E-state index in [0.29, 0.717) is 6.04 Å². The fourth-order valence-electron chi connectivity index (χ4n) is 3.20. The first-order valence-electron chi connectivity index (χ1n) is 7.04. The largest absolute Gasteiger partial charge is 0.348 e. The molecule has 1 aromatic carbocycles. The molecule has 3 nitrogen and oxygen atoms in total. The summed E-state index contributed by atoms with van der Waals surface area (Å²) >= 11 is 0. The Morgan fingerprint density at radius 1 is 1.26 bits per heavy atom. The monoisotopic (exact) mass is 256 g/mol. The molecule has 1 amide bonds. The van der Waals surface area contributed by atoms with Gasteiger partial charge < -0.3 is 5.32 Å². The molecular formula is C16H20N2O. The maximum Gasteiger partial charge on any atom is 0.217 e.